The Bertz CT molecular complexity index is 793. The highest BCUT2D eigenvalue weighted by Gasteiger charge is 2.31. The highest BCUT2D eigenvalue weighted by molar-refractivity contribution is 7.13. The van der Waals surface area contributed by atoms with Crippen molar-refractivity contribution >= 4 is 28.7 Å². The fraction of sp³-hybridized carbons (Fsp3) is 0.267. The second kappa shape index (κ2) is 8.61. The van der Waals surface area contributed by atoms with E-state index in [9.17, 15) is 22.4 Å². The normalized spacial score (nSPS) is 11.6. The van der Waals surface area contributed by atoms with Crippen molar-refractivity contribution in [3.8, 4) is 5.75 Å². The van der Waals surface area contributed by atoms with Crippen LogP contribution in [0.15, 0.2) is 28.7 Å². The average molecular weight is 391 g/mol. The maximum Gasteiger partial charge on any atom is 0.573 e. The van der Waals surface area contributed by atoms with E-state index in [4.69, 9.17) is 4.74 Å². The zero-order valence-corrected chi connectivity index (χ0v) is 14.2. The zero-order valence-electron chi connectivity index (χ0n) is 13.3. The average Bonchev–Trinajstić information content (AvgIpc) is 2.92. The number of alkyl halides is 3. The topological polar surface area (TPSA) is 72.8 Å². The summed E-state index contributed by atoms with van der Waals surface area (Å²) in [5.74, 6) is -2.01. The molecular formula is C15H13F4N3O3S. The van der Waals surface area contributed by atoms with Gasteiger partial charge in [-0.05, 0) is 19.1 Å². The first kappa shape index (κ1) is 19.6. The molecule has 26 heavy (non-hydrogen) atoms. The third kappa shape index (κ3) is 6.67. The van der Waals surface area contributed by atoms with E-state index in [0.29, 0.717) is 16.9 Å². The van der Waals surface area contributed by atoms with Crippen LogP contribution in [0.4, 0.5) is 22.7 Å². The van der Waals surface area contributed by atoms with E-state index >= 15 is 0 Å². The Morgan fingerprint density at radius 2 is 2.15 bits per heavy atom. The molecule has 6 nitrogen and oxygen atoms in total. The van der Waals surface area contributed by atoms with Crippen molar-refractivity contribution in [1.82, 2.24) is 4.98 Å². The van der Waals surface area contributed by atoms with Crippen LogP contribution in [0.2, 0.25) is 0 Å². The summed E-state index contributed by atoms with van der Waals surface area (Å²) in [5, 5.41) is 5.75. The number of ether oxygens (including phenoxy) is 2. The van der Waals surface area contributed by atoms with Gasteiger partial charge in [-0.3, -0.25) is 10.2 Å². The van der Waals surface area contributed by atoms with Crippen molar-refractivity contribution in [2.45, 2.75) is 19.7 Å². The Hall–Kier alpha value is -2.69. The van der Waals surface area contributed by atoms with E-state index in [2.05, 4.69) is 20.2 Å². The number of thiazole rings is 1. The van der Waals surface area contributed by atoms with E-state index in [0.717, 1.165) is 18.3 Å². The van der Waals surface area contributed by atoms with Crippen LogP contribution in [0.25, 0.3) is 0 Å². The zero-order chi connectivity index (χ0) is 19.2. The van der Waals surface area contributed by atoms with Crippen LogP contribution in [0.5, 0.6) is 5.75 Å². The molecule has 140 valence electrons. The maximum absolute atomic E-state index is 13.4. The van der Waals surface area contributed by atoms with Gasteiger partial charge in [-0.25, -0.2) is 9.37 Å². The number of anilines is 1. The quantitative estimate of drug-likeness (QED) is 0.337. The SMILES string of the molecule is CCOC(=O)Cc1csc(NN=Cc2cc(F)cc(OC(F)(F)F)c2)n1. The summed E-state index contributed by atoms with van der Waals surface area (Å²) in [4.78, 5) is 15.4. The molecule has 0 unspecified atom stereocenters. The van der Waals surface area contributed by atoms with Crippen LogP contribution >= 0.6 is 11.3 Å². The molecular weight excluding hydrogens is 378 g/mol. The lowest BCUT2D eigenvalue weighted by Crippen LogP contribution is -2.17. The summed E-state index contributed by atoms with van der Waals surface area (Å²) in [7, 11) is 0. The lowest BCUT2D eigenvalue weighted by Gasteiger charge is -2.09. The summed E-state index contributed by atoms with van der Waals surface area (Å²) >= 11 is 1.17. The van der Waals surface area contributed by atoms with Crippen molar-refractivity contribution < 1.29 is 31.8 Å². The molecule has 0 saturated heterocycles. The molecule has 0 saturated carbocycles. The molecule has 1 heterocycles. The van der Waals surface area contributed by atoms with Crippen LogP contribution < -0.4 is 10.2 Å². The van der Waals surface area contributed by atoms with Crippen LogP contribution in [0.1, 0.15) is 18.2 Å². The Labute approximate surface area is 149 Å². The third-order valence-electron chi connectivity index (χ3n) is 2.68. The minimum atomic E-state index is -4.92. The number of carbonyl (C=O) groups excluding carboxylic acids is 1. The number of halogens is 4. The van der Waals surface area contributed by atoms with E-state index in [1.807, 2.05) is 0 Å². The minimum absolute atomic E-state index is 0.0117. The number of carbonyl (C=O) groups is 1. The van der Waals surface area contributed by atoms with Gasteiger partial charge in [0.1, 0.15) is 11.6 Å². The third-order valence-corrected chi connectivity index (χ3v) is 3.48. The van der Waals surface area contributed by atoms with Gasteiger partial charge in [-0.15, -0.1) is 24.5 Å². The predicted octanol–water partition coefficient (Wildman–Crippen LogP) is 3.73. The van der Waals surface area contributed by atoms with E-state index in [-0.39, 0.29) is 18.6 Å². The molecule has 0 bridgehead atoms. The number of aromatic nitrogens is 1. The van der Waals surface area contributed by atoms with Gasteiger partial charge in [0, 0.05) is 17.0 Å². The van der Waals surface area contributed by atoms with E-state index in [1.165, 1.54) is 11.3 Å². The molecule has 1 aromatic heterocycles. The Kier molecular flexibility index (Phi) is 6.50. The van der Waals surface area contributed by atoms with Crippen LogP contribution in [0.3, 0.4) is 0 Å². The predicted molar refractivity (Wildman–Crippen MR) is 86.8 cm³/mol. The molecule has 0 aliphatic carbocycles. The molecule has 1 aromatic carbocycles. The van der Waals surface area contributed by atoms with Crippen LogP contribution in [0, 0.1) is 5.82 Å². The van der Waals surface area contributed by atoms with Gasteiger partial charge < -0.3 is 9.47 Å². The lowest BCUT2D eigenvalue weighted by molar-refractivity contribution is -0.274. The number of hydrazone groups is 1. The Balaban J connectivity index is 1.98. The van der Waals surface area contributed by atoms with Crippen LogP contribution in [-0.4, -0.2) is 30.1 Å². The van der Waals surface area contributed by atoms with E-state index in [1.54, 1.807) is 12.3 Å². The fourth-order valence-electron chi connectivity index (χ4n) is 1.81. The molecule has 2 rings (SSSR count). The lowest BCUT2D eigenvalue weighted by atomic mass is 10.2. The number of rotatable bonds is 7. The Morgan fingerprint density at radius 1 is 1.38 bits per heavy atom. The van der Waals surface area contributed by atoms with Crippen molar-refractivity contribution in [1.29, 1.82) is 0 Å². The van der Waals surface area contributed by atoms with Gasteiger partial charge >= 0.3 is 12.3 Å². The smallest absolute Gasteiger partial charge is 0.466 e. The first-order valence-corrected chi connectivity index (χ1v) is 8.08. The molecule has 0 amide bonds. The summed E-state index contributed by atoms with van der Waals surface area (Å²) < 4.78 is 58.4. The minimum Gasteiger partial charge on any atom is -0.466 e. The molecule has 0 fully saturated rings. The molecule has 0 aliphatic rings. The monoisotopic (exact) mass is 391 g/mol. The summed E-state index contributed by atoms with van der Waals surface area (Å²) in [6, 6.07) is 2.58. The van der Waals surface area contributed by atoms with Gasteiger partial charge in [-0.2, -0.15) is 5.10 Å². The number of esters is 1. The first-order chi connectivity index (χ1) is 12.2. The molecule has 0 radical (unpaired) electrons. The number of hydrogen-bond acceptors (Lipinski definition) is 7. The first-order valence-electron chi connectivity index (χ1n) is 7.20. The standard InChI is InChI=1S/C15H13F4N3O3S/c1-2-24-13(23)6-11-8-26-14(21-11)22-20-7-9-3-10(16)5-12(4-9)25-15(17,18)19/h3-5,7-8H,2,6H2,1H3,(H,21,22). The largest absolute Gasteiger partial charge is 0.573 e. The second-order valence-corrected chi connectivity index (χ2v) is 5.62. The van der Waals surface area contributed by atoms with E-state index < -0.39 is 23.9 Å². The molecule has 0 aliphatic heterocycles. The van der Waals surface area contributed by atoms with Crippen molar-refractivity contribution in [2.75, 3.05) is 12.0 Å². The number of hydrogen-bond donors (Lipinski definition) is 1. The van der Waals surface area contributed by atoms with Gasteiger partial charge in [0.2, 0.25) is 5.13 Å². The highest BCUT2D eigenvalue weighted by atomic mass is 32.1. The van der Waals surface area contributed by atoms with Gasteiger partial charge in [0.15, 0.2) is 0 Å². The van der Waals surface area contributed by atoms with Crippen molar-refractivity contribution in [3.63, 3.8) is 0 Å². The summed E-state index contributed by atoms with van der Waals surface area (Å²) in [6.07, 6.45) is -3.80. The fourth-order valence-corrected chi connectivity index (χ4v) is 2.47. The van der Waals surface area contributed by atoms with Gasteiger partial charge in [-0.1, -0.05) is 0 Å². The molecule has 1 N–H and O–H groups in total. The van der Waals surface area contributed by atoms with Crippen molar-refractivity contribution in [2.24, 2.45) is 5.10 Å². The number of nitrogens with one attached hydrogen (secondary N) is 1. The second-order valence-electron chi connectivity index (χ2n) is 4.76. The highest BCUT2D eigenvalue weighted by Crippen LogP contribution is 2.24. The summed E-state index contributed by atoms with van der Waals surface area (Å²) in [5.41, 5.74) is 3.08. The summed E-state index contributed by atoms with van der Waals surface area (Å²) in [6.45, 7) is 1.96. The Morgan fingerprint density at radius 3 is 2.85 bits per heavy atom. The van der Waals surface area contributed by atoms with Gasteiger partial charge in [0.05, 0.1) is 24.9 Å². The number of nitrogens with zero attached hydrogens (tertiary/aromatic N) is 2. The van der Waals surface area contributed by atoms with Gasteiger partial charge in [0.25, 0.3) is 0 Å². The van der Waals surface area contributed by atoms with Crippen molar-refractivity contribution in [3.05, 3.63) is 40.7 Å². The molecule has 2 aromatic rings. The molecule has 0 atom stereocenters. The van der Waals surface area contributed by atoms with Crippen LogP contribution in [-0.2, 0) is 16.0 Å². The molecule has 0 spiro atoms. The molecule has 11 heteroatoms. The number of benzene rings is 1. The maximum atomic E-state index is 13.4.